The number of hydrogen-bond donors (Lipinski definition) is 2. The summed E-state index contributed by atoms with van der Waals surface area (Å²) in [6.45, 7) is 2.86. The largest absolute Gasteiger partial charge is 0.457 e. The summed E-state index contributed by atoms with van der Waals surface area (Å²) in [4.78, 5) is 38.4. The molecule has 1 heterocycles. The van der Waals surface area contributed by atoms with Crippen LogP contribution in [0.2, 0.25) is 0 Å². The molecule has 29 heavy (non-hydrogen) atoms. The molecule has 0 saturated carbocycles. The van der Waals surface area contributed by atoms with E-state index in [2.05, 4.69) is 10.3 Å². The molecule has 1 atom stereocenters. The Labute approximate surface area is 167 Å². The van der Waals surface area contributed by atoms with Gasteiger partial charge < -0.3 is 19.8 Å². The van der Waals surface area contributed by atoms with Crippen molar-refractivity contribution in [2.75, 3.05) is 5.32 Å². The fourth-order valence-corrected chi connectivity index (χ4v) is 2.47. The van der Waals surface area contributed by atoms with Crippen molar-refractivity contribution in [3.05, 3.63) is 78.1 Å². The van der Waals surface area contributed by atoms with Gasteiger partial charge in [-0.25, -0.2) is 4.79 Å². The first kappa shape index (κ1) is 19.9. The predicted molar refractivity (Wildman–Crippen MR) is 107 cm³/mol. The van der Waals surface area contributed by atoms with Gasteiger partial charge in [0, 0.05) is 17.4 Å². The second-order valence-corrected chi connectivity index (χ2v) is 6.33. The number of amides is 1. The fourth-order valence-electron chi connectivity index (χ4n) is 2.47. The topological polar surface area (TPSA) is 97.5 Å². The zero-order chi connectivity index (χ0) is 20.8. The van der Waals surface area contributed by atoms with Gasteiger partial charge in [0.1, 0.15) is 17.2 Å². The van der Waals surface area contributed by atoms with E-state index in [0.29, 0.717) is 22.7 Å². The lowest BCUT2D eigenvalue weighted by Gasteiger charge is -2.13. The van der Waals surface area contributed by atoms with E-state index in [-0.39, 0.29) is 11.5 Å². The van der Waals surface area contributed by atoms with E-state index in [1.54, 1.807) is 24.3 Å². The minimum Gasteiger partial charge on any atom is -0.457 e. The first-order chi connectivity index (χ1) is 13.9. The summed E-state index contributed by atoms with van der Waals surface area (Å²) in [5.74, 6) is -0.0327. The van der Waals surface area contributed by atoms with Crippen LogP contribution in [0, 0.1) is 0 Å². The third kappa shape index (κ3) is 5.32. The monoisotopic (exact) mass is 392 g/mol. The minimum atomic E-state index is -1.02. The van der Waals surface area contributed by atoms with Gasteiger partial charge in [0.15, 0.2) is 11.9 Å². The maximum Gasteiger partial charge on any atom is 0.355 e. The number of esters is 1. The third-order valence-corrected chi connectivity index (χ3v) is 4.06. The average Bonchev–Trinajstić information content (AvgIpc) is 3.21. The molecule has 2 N–H and O–H groups in total. The highest BCUT2D eigenvalue weighted by Gasteiger charge is 2.20. The van der Waals surface area contributed by atoms with Gasteiger partial charge in [-0.3, -0.25) is 9.59 Å². The van der Waals surface area contributed by atoms with Crippen LogP contribution in [-0.4, -0.2) is 28.7 Å². The first-order valence-electron chi connectivity index (χ1n) is 8.96. The summed E-state index contributed by atoms with van der Waals surface area (Å²) < 4.78 is 10.8. The zero-order valence-corrected chi connectivity index (χ0v) is 16.0. The predicted octanol–water partition coefficient (Wildman–Crippen LogP) is 4.19. The molecule has 0 spiro atoms. The van der Waals surface area contributed by atoms with Gasteiger partial charge in [0.05, 0.1) is 0 Å². The summed E-state index contributed by atoms with van der Waals surface area (Å²) in [6, 6.07) is 17.6. The number of hydrogen-bond acceptors (Lipinski definition) is 5. The molecule has 3 rings (SSSR count). The Morgan fingerprint density at radius 2 is 1.62 bits per heavy atom. The molecule has 7 heteroatoms. The van der Waals surface area contributed by atoms with Crippen LogP contribution in [0.4, 0.5) is 5.69 Å². The Bertz CT molecular complexity index is 1010. The Morgan fingerprint density at radius 1 is 0.966 bits per heavy atom. The van der Waals surface area contributed by atoms with E-state index < -0.39 is 18.0 Å². The van der Waals surface area contributed by atoms with Crippen LogP contribution in [0.5, 0.6) is 11.5 Å². The molecule has 3 aromatic rings. The number of ether oxygens (including phenoxy) is 2. The molecule has 0 fully saturated rings. The summed E-state index contributed by atoms with van der Waals surface area (Å²) >= 11 is 0. The number of ketones is 1. The maximum absolute atomic E-state index is 12.3. The van der Waals surface area contributed by atoms with E-state index in [1.165, 1.54) is 26.1 Å². The van der Waals surface area contributed by atoms with Crippen molar-refractivity contribution in [2.45, 2.75) is 20.0 Å². The maximum atomic E-state index is 12.3. The number of aromatic amines is 1. The van der Waals surface area contributed by atoms with Crippen molar-refractivity contribution < 1.29 is 23.9 Å². The number of carbonyl (C=O) groups is 3. The molecular weight excluding hydrogens is 372 g/mol. The van der Waals surface area contributed by atoms with Crippen LogP contribution in [0.15, 0.2) is 66.9 Å². The standard InChI is InChI=1S/C22H20N2O5/c1-14(25)16-12-20(23-13-16)22(27)28-15(2)21(26)24-17-8-10-19(11-9-17)29-18-6-4-3-5-7-18/h3-13,15,23H,1-2H3,(H,24,26)/t15-/m0/s1. The SMILES string of the molecule is CC(=O)c1c[nH]c(C(=O)O[C@@H](C)C(=O)Nc2ccc(Oc3ccccc3)cc2)c1. The normalized spacial score (nSPS) is 11.4. The van der Waals surface area contributed by atoms with E-state index in [1.807, 2.05) is 30.3 Å². The van der Waals surface area contributed by atoms with Crippen molar-refractivity contribution in [3.63, 3.8) is 0 Å². The lowest BCUT2D eigenvalue weighted by molar-refractivity contribution is -0.123. The molecule has 0 radical (unpaired) electrons. The highest BCUT2D eigenvalue weighted by molar-refractivity contribution is 5.99. The van der Waals surface area contributed by atoms with Crippen LogP contribution in [0.25, 0.3) is 0 Å². The summed E-state index contributed by atoms with van der Waals surface area (Å²) in [5.41, 5.74) is 1.01. The molecule has 7 nitrogen and oxygen atoms in total. The van der Waals surface area contributed by atoms with Crippen molar-refractivity contribution in [3.8, 4) is 11.5 Å². The van der Waals surface area contributed by atoms with Gasteiger partial charge >= 0.3 is 5.97 Å². The molecule has 1 aromatic heterocycles. The Kier molecular flexibility index (Phi) is 6.09. The van der Waals surface area contributed by atoms with Crippen molar-refractivity contribution >= 4 is 23.3 Å². The van der Waals surface area contributed by atoms with Crippen molar-refractivity contribution in [1.82, 2.24) is 4.98 Å². The lowest BCUT2D eigenvalue weighted by Crippen LogP contribution is -2.30. The second-order valence-electron chi connectivity index (χ2n) is 6.33. The van der Waals surface area contributed by atoms with Gasteiger partial charge in [-0.15, -0.1) is 0 Å². The summed E-state index contributed by atoms with van der Waals surface area (Å²) in [6.07, 6.45) is 0.398. The van der Waals surface area contributed by atoms with Crippen LogP contribution >= 0.6 is 0 Å². The van der Waals surface area contributed by atoms with E-state index >= 15 is 0 Å². The number of carbonyl (C=O) groups excluding carboxylic acids is 3. The number of Topliss-reactive ketones (excluding diaryl/α,β-unsaturated/α-hetero) is 1. The van der Waals surface area contributed by atoms with Crippen LogP contribution in [0.3, 0.4) is 0 Å². The number of H-pyrrole nitrogens is 1. The molecule has 0 aliphatic carbocycles. The molecule has 1 amide bonds. The molecule has 0 unspecified atom stereocenters. The molecule has 0 bridgehead atoms. The summed E-state index contributed by atoms with van der Waals surface area (Å²) in [5, 5.41) is 2.68. The van der Waals surface area contributed by atoms with E-state index in [9.17, 15) is 14.4 Å². The number of para-hydroxylation sites is 1. The van der Waals surface area contributed by atoms with Crippen LogP contribution in [0.1, 0.15) is 34.7 Å². The summed E-state index contributed by atoms with van der Waals surface area (Å²) in [7, 11) is 0. The number of benzene rings is 2. The van der Waals surface area contributed by atoms with Crippen molar-refractivity contribution in [1.29, 1.82) is 0 Å². The molecule has 148 valence electrons. The average molecular weight is 392 g/mol. The van der Waals surface area contributed by atoms with Crippen LogP contribution in [-0.2, 0) is 9.53 Å². The van der Waals surface area contributed by atoms with Crippen molar-refractivity contribution in [2.24, 2.45) is 0 Å². The first-order valence-corrected chi connectivity index (χ1v) is 8.96. The second kappa shape index (κ2) is 8.88. The zero-order valence-electron chi connectivity index (χ0n) is 16.0. The number of rotatable bonds is 7. The van der Waals surface area contributed by atoms with Gasteiger partial charge in [-0.05, 0) is 56.3 Å². The molecule has 2 aromatic carbocycles. The number of aromatic nitrogens is 1. The smallest absolute Gasteiger partial charge is 0.355 e. The minimum absolute atomic E-state index is 0.109. The third-order valence-electron chi connectivity index (χ3n) is 4.06. The van der Waals surface area contributed by atoms with Gasteiger partial charge in [-0.1, -0.05) is 18.2 Å². The fraction of sp³-hybridized carbons (Fsp3) is 0.136. The Morgan fingerprint density at radius 3 is 2.24 bits per heavy atom. The van der Waals surface area contributed by atoms with E-state index in [4.69, 9.17) is 9.47 Å². The van der Waals surface area contributed by atoms with E-state index in [0.717, 1.165) is 0 Å². The molecular formula is C22H20N2O5. The Hall–Kier alpha value is -3.87. The Balaban J connectivity index is 1.54. The molecule has 0 aliphatic rings. The quantitative estimate of drug-likeness (QED) is 0.464. The molecule has 0 aliphatic heterocycles. The van der Waals surface area contributed by atoms with Crippen LogP contribution < -0.4 is 10.1 Å². The van der Waals surface area contributed by atoms with Gasteiger partial charge in [0.25, 0.3) is 5.91 Å². The van der Waals surface area contributed by atoms with Gasteiger partial charge in [0.2, 0.25) is 0 Å². The highest BCUT2D eigenvalue weighted by Crippen LogP contribution is 2.22. The highest BCUT2D eigenvalue weighted by atomic mass is 16.5. The molecule has 0 saturated heterocycles. The van der Waals surface area contributed by atoms with Gasteiger partial charge in [-0.2, -0.15) is 0 Å². The number of anilines is 1. The number of nitrogens with one attached hydrogen (secondary N) is 2. The lowest BCUT2D eigenvalue weighted by atomic mass is 10.2.